The van der Waals surface area contributed by atoms with Gasteiger partial charge in [-0.3, -0.25) is 0 Å². The van der Waals surface area contributed by atoms with Crippen molar-refractivity contribution in [2.24, 2.45) is 0 Å². The number of hydrogen-bond acceptors (Lipinski definition) is 3. The highest BCUT2D eigenvalue weighted by Crippen LogP contribution is 2.24. The molecule has 3 rings (SSSR count). The third-order valence-corrected chi connectivity index (χ3v) is 3.41. The minimum atomic E-state index is 0.752. The Morgan fingerprint density at radius 3 is 2.94 bits per heavy atom. The molecule has 1 N–H and O–H groups in total. The summed E-state index contributed by atoms with van der Waals surface area (Å²) in [5.74, 6) is 0.822. The summed E-state index contributed by atoms with van der Waals surface area (Å²) in [5.41, 5.74) is 5.23. The van der Waals surface area contributed by atoms with Crippen molar-refractivity contribution in [2.75, 3.05) is 5.32 Å². The summed E-state index contributed by atoms with van der Waals surface area (Å²) < 4.78 is 0. The summed E-state index contributed by atoms with van der Waals surface area (Å²) in [7, 11) is 0. The summed E-state index contributed by atoms with van der Waals surface area (Å²) in [5, 5.41) is 3.43. The SMILES string of the molecule is Cc1nccc(CNc2ccc3c(c2)CCC3)n1. The van der Waals surface area contributed by atoms with Gasteiger partial charge in [0.2, 0.25) is 0 Å². The lowest BCUT2D eigenvalue weighted by Crippen LogP contribution is -2.03. The minimum absolute atomic E-state index is 0.752. The Balaban J connectivity index is 1.70. The first-order chi connectivity index (χ1) is 8.81. The van der Waals surface area contributed by atoms with Crippen molar-refractivity contribution < 1.29 is 0 Å². The number of fused-ring (bicyclic) bond motifs is 1. The van der Waals surface area contributed by atoms with E-state index in [1.165, 1.54) is 36.1 Å². The molecule has 3 heteroatoms. The fourth-order valence-electron chi connectivity index (χ4n) is 2.48. The molecule has 1 heterocycles. The normalized spacial score (nSPS) is 13.4. The largest absolute Gasteiger partial charge is 0.379 e. The van der Waals surface area contributed by atoms with Crippen LogP contribution in [0.15, 0.2) is 30.5 Å². The van der Waals surface area contributed by atoms with Gasteiger partial charge in [-0.1, -0.05) is 6.07 Å². The van der Waals surface area contributed by atoms with Crippen molar-refractivity contribution in [3.8, 4) is 0 Å². The van der Waals surface area contributed by atoms with E-state index in [2.05, 4.69) is 33.5 Å². The molecule has 0 saturated heterocycles. The Morgan fingerprint density at radius 1 is 1.17 bits per heavy atom. The molecule has 0 fully saturated rings. The third-order valence-electron chi connectivity index (χ3n) is 3.41. The molecule has 0 amide bonds. The van der Waals surface area contributed by atoms with Crippen LogP contribution in [0.25, 0.3) is 0 Å². The van der Waals surface area contributed by atoms with E-state index >= 15 is 0 Å². The van der Waals surface area contributed by atoms with Crippen LogP contribution in [-0.2, 0) is 19.4 Å². The van der Waals surface area contributed by atoms with Gasteiger partial charge in [0.25, 0.3) is 0 Å². The smallest absolute Gasteiger partial charge is 0.125 e. The van der Waals surface area contributed by atoms with Crippen LogP contribution in [0.5, 0.6) is 0 Å². The Labute approximate surface area is 107 Å². The van der Waals surface area contributed by atoms with Crippen molar-refractivity contribution in [2.45, 2.75) is 32.7 Å². The first kappa shape index (κ1) is 11.2. The quantitative estimate of drug-likeness (QED) is 0.895. The van der Waals surface area contributed by atoms with Crippen molar-refractivity contribution in [1.29, 1.82) is 0 Å². The molecule has 0 radical (unpaired) electrons. The molecule has 2 aromatic rings. The molecule has 1 aromatic heterocycles. The number of nitrogens with zero attached hydrogens (tertiary/aromatic N) is 2. The maximum absolute atomic E-state index is 4.39. The summed E-state index contributed by atoms with van der Waals surface area (Å²) in [6, 6.07) is 8.64. The van der Waals surface area contributed by atoms with Gasteiger partial charge in [-0.2, -0.15) is 0 Å². The van der Waals surface area contributed by atoms with Crippen LogP contribution in [0.3, 0.4) is 0 Å². The molecule has 0 atom stereocenters. The number of aryl methyl sites for hydroxylation is 3. The standard InChI is InChI=1S/C15H17N3/c1-11-16-8-7-15(18-11)10-17-14-6-5-12-3-2-4-13(12)9-14/h5-9,17H,2-4,10H2,1H3. The Morgan fingerprint density at radius 2 is 2.06 bits per heavy atom. The van der Waals surface area contributed by atoms with Crippen LogP contribution in [-0.4, -0.2) is 9.97 Å². The number of nitrogens with one attached hydrogen (secondary N) is 1. The molecule has 0 unspecified atom stereocenters. The Bertz CT molecular complexity index is 563. The maximum atomic E-state index is 4.39. The third kappa shape index (κ3) is 2.35. The van der Waals surface area contributed by atoms with Crippen molar-refractivity contribution in [3.63, 3.8) is 0 Å². The lowest BCUT2D eigenvalue weighted by molar-refractivity contribution is 0.911. The Hall–Kier alpha value is -1.90. The van der Waals surface area contributed by atoms with E-state index in [0.29, 0.717) is 0 Å². The van der Waals surface area contributed by atoms with Crippen molar-refractivity contribution >= 4 is 5.69 Å². The molecule has 18 heavy (non-hydrogen) atoms. The predicted octanol–water partition coefficient (Wildman–Crippen LogP) is 2.89. The molecule has 0 aliphatic heterocycles. The lowest BCUT2D eigenvalue weighted by Gasteiger charge is -2.08. The molecule has 1 aromatic carbocycles. The van der Waals surface area contributed by atoms with Gasteiger partial charge < -0.3 is 5.32 Å². The van der Waals surface area contributed by atoms with Gasteiger partial charge in [-0.15, -0.1) is 0 Å². The highest BCUT2D eigenvalue weighted by Gasteiger charge is 2.10. The van der Waals surface area contributed by atoms with Crippen molar-refractivity contribution in [1.82, 2.24) is 9.97 Å². The van der Waals surface area contributed by atoms with Gasteiger partial charge in [0.15, 0.2) is 0 Å². The van der Waals surface area contributed by atoms with E-state index in [-0.39, 0.29) is 0 Å². The zero-order chi connectivity index (χ0) is 12.4. The average molecular weight is 239 g/mol. The van der Waals surface area contributed by atoms with Crippen LogP contribution in [0, 0.1) is 6.92 Å². The first-order valence-corrected chi connectivity index (χ1v) is 6.45. The summed E-state index contributed by atoms with van der Waals surface area (Å²) in [6.45, 7) is 2.67. The van der Waals surface area contributed by atoms with E-state index in [1.807, 2.05) is 19.2 Å². The molecular formula is C15H17N3. The molecule has 0 bridgehead atoms. The zero-order valence-corrected chi connectivity index (χ0v) is 10.6. The second-order valence-electron chi connectivity index (χ2n) is 4.79. The molecule has 0 spiro atoms. The molecular weight excluding hydrogens is 222 g/mol. The van der Waals surface area contributed by atoms with Crippen molar-refractivity contribution in [3.05, 3.63) is 53.1 Å². The van der Waals surface area contributed by atoms with Crippen LogP contribution < -0.4 is 5.32 Å². The van der Waals surface area contributed by atoms with Gasteiger partial charge in [0, 0.05) is 11.9 Å². The number of rotatable bonds is 3. The second-order valence-corrected chi connectivity index (χ2v) is 4.79. The van der Waals surface area contributed by atoms with Crippen LogP contribution in [0.4, 0.5) is 5.69 Å². The molecule has 3 nitrogen and oxygen atoms in total. The second kappa shape index (κ2) is 4.77. The number of aromatic nitrogens is 2. The van der Waals surface area contributed by atoms with Gasteiger partial charge in [-0.05, 0) is 55.5 Å². The van der Waals surface area contributed by atoms with Gasteiger partial charge in [-0.25, -0.2) is 9.97 Å². The first-order valence-electron chi connectivity index (χ1n) is 6.45. The van der Waals surface area contributed by atoms with Gasteiger partial charge >= 0.3 is 0 Å². The molecule has 1 aliphatic rings. The minimum Gasteiger partial charge on any atom is -0.379 e. The van der Waals surface area contributed by atoms with Crippen LogP contribution >= 0.6 is 0 Å². The van der Waals surface area contributed by atoms with Gasteiger partial charge in [0.1, 0.15) is 5.82 Å². The highest BCUT2D eigenvalue weighted by molar-refractivity contribution is 5.50. The van der Waals surface area contributed by atoms with E-state index in [0.717, 1.165) is 18.1 Å². The topological polar surface area (TPSA) is 37.8 Å². The molecule has 1 aliphatic carbocycles. The predicted molar refractivity (Wildman–Crippen MR) is 72.6 cm³/mol. The lowest BCUT2D eigenvalue weighted by atomic mass is 10.1. The summed E-state index contributed by atoms with van der Waals surface area (Å²) in [4.78, 5) is 8.49. The number of hydrogen-bond donors (Lipinski definition) is 1. The van der Waals surface area contributed by atoms with E-state index in [9.17, 15) is 0 Å². The fourth-order valence-corrected chi connectivity index (χ4v) is 2.48. The van der Waals surface area contributed by atoms with E-state index in [1.54, 1.807) is 0 Å². The summed E-state index contributed by atoms with van der Waals surface area (Å²) >= 11 is 0. The number of anilines is 1. The molecule has 0 saturated carbocycles. The number of benzene rings is 1. The highest BCUT2D eigenvalue weighted by atomic mass is 14.9. The summed E-state index contributed by atoms with van der Waals surface area (Å²) in [6.07, 6.45) is 5.56. The van der Waals surface area contributed by atoms with Crippen LogP contribution in [0.2, 0.25) is 0 Å². The monoisotopic (exact) mass is 239 g/mol. The van der Waals surface area contributed by atoms with Crippen LogP contribution in [0.1, 0.15) is 29.1 Å². The van der Waals surface area contributed by atoms with E-state index in [4.69, 9.17) is 0 Å². The fraction of sp³-hybridized carbons (Fsp3) is 0.333. The molecule has 92 valence electrons. The maximum Gasteiger partial charge on any atom is 0.125 e. The van der Waals surface area contributed by atoms with E-state index < -0.39 is 0 Å². The average Bonchev–Trinajstić information content (AvgIpc) is 2.84. The Kier molecular flexibility index (Phi) is 2.97. The zero-order valence-electron chi connectivity index (χ0n) is 10.6. The van der Waals surface area contributed by atoms with Gasteiger partial charge in [0.05, 0.1) is 12.2 Å².